The van der Waals surface area contributed by atoms with Crippen molar-refractivity contribution < 1.29 is 0 Å². The van der Waals surface area contributed by atoms with Crippen LogP contribution >= 0.6 is 12.2 Å². The lowest BCUT2D eigenvalue weighted by Crippen LogP contribution is -2.47. The Hall–Kier alpha value is -2.87. The van der Waals surface area contributed by atoms with Gasteiger partial charge in [-0.05, 0) is 42.6 Å². The topological polar surface area (TPSA) is 59.6 Å². The molecule has 2 N–H and O–H groups in total. The second-order valence-electron chi connectivity index (χ2n) is 9.19. The molecule has 2 saturated heterocycles. The Bertz CT molecular complexity index is 933. The Kier molecular flexibility index (Phi) is 7.65. The molecule has 4 rings (SSSR count). The largest absolute Gasteiger partial charge is 0.368 e. The van der Waals surface area contributed by atoms with E-state index < -0.39 is 0 Å². The van der Waals surface area contributed by atoms with Gasteiger partial charge in [-0.25, -0.2) is 0 Å². The maximum atomic E-state index is 5.42. The predicted octanol–water partition coefficient (Wildman–Crippen LogP) is 3.76. The highest BCUT2D eigenvalue weighted by molar-refractivity contribution is 7.80. The van der Waals surface area contributed by atoms with Crippen LogP contribution in [-0.4, -0.2) is 60.9 Å². The van der Waals surface area contributed by atoms with Crippen LogP contribution < -0.4 is 25.3 Å². The van der Waals surface area contributed by atoms with Gasteiger partial charge in [-0.3, -0.25) is 0 Å². The molecule has 0 amide bonds. The van der Waals surface area contributed by atoms with Crippen molar-refractivity contribution in [2.75, 3.05) is 65.8 Å². The lowest BCUT2D eigenvalue weighted by molar-refractivity contribution is 0.355. The van der Waals surface area contributed by atoms with Crippen molar-refractivity contribution in [3.05, 3.63) is 49.1 Å². The molecule has 0 spiro atoms. The van der Waals surface area contributed by atoms with E-state index in [1.54, 1.807) is 6.08 Å². The summed E-state index contributed by atoms with van der Waals surface area (Å²) >= 11 is 5.42. The van der Waals surface area contributed by atoms with Crippen LogP contribution in [0.4, 0.5) is 23.3 Å². The van der Waals surface area contributed by atoms with E-state index in [0.717, 1.165) is 50.9 Å². The second-order valence-corrected chi connectivity index (χ2v) is 9.60. The fourth-order valence-electron chi connectivity index (χ4n) is 4.80. The molecule has 0 aliphatic carbocycles. The number of rotatable bonds is 6. The summed E-state index contributed by atoms with van der Waals surface area (Å²) in [6.45, 7) is 14.8. The van der Waals surface area contributed by atoms with Crippen molar-refractivity contribution >= 4 is 40.6 Å². The first kappa shape index (κ1) is 23.3. The zero-order valence-corrected chi connectivity index (χ0v) is 20.5. The summed E-state index contributed by atoms with van der Waals surface area (Å²) in [5, 5.41) is 6.79. The van der Waals surface area contributed by atoms with Crippen LogP contribution in [0.1, 0.15) is 20.3 Å². The summed E-state index contributed by atoms with van der Waals surface area (Å²) in [7, 11) is 0. The molecule has 0 unspecified atom stereocenters. The van der Waals surface area contributed by atoms with Gasteiger partial charge in [0.05, 0.1) is 0 Å². The molecule has 33 heavy (non-hydrogen) atoms. The van der Waals surface area contributed by atoms with Crippen LogP contribution in [0.2, 0.25) is 0 Å². The molecule has 2 aromatic rings. The molecule has 2 fully saturated rings. The van der Waals surface area contributed by atoms with E-state index in [4.69, 9.17) is 22.2 Å². The molecule has 1 aromatic carbocycles. The summed E-state index contributed by atoms with van der Waals surface area (Å²) in [5.41, 5.74) is 1.28. The Morgan fingerprint density at radius 1 is 1.00 bits per heavy atom. The fraction of sp³-hybridized carbons (Fsp3) is 0.480. The number of thiocarbonyl (C=S) groups is 1. The standard InChI is InChI=1S/C25H35N7S/c1-4-10-26-25(33)29-24-27-22(16-23(28-24)32-17-19(2)15-20(3)18-32)31-13-11-30(12-14-31)21-8-6-5-7-9-21/h4-9,16,19-20H,1,10-15,17-18H2,2-3H3,(H2,26,27,28,29,33)/t19-,20-/m1/s1. The van der Waals surface area contributed by atoms with Crippen LogP contribution in [0.5, 0.6) is 0 Å². The number of hydrogen-bond donors (Lipinski definition) is 2. The molecule has 8 heteroatoms. The number of benzene rings is 1. The number of hydrogen-bond acceptors (Lipinski definition) is 6. The monoisotopic (exact) mass is 465 g/mol. The molecule has 2 aliphatic heterocycles. The van der Waals surface area contributed by atoms with E-state index >= 15 is 0 Å². The van der Waals surface area contributed by atoms with Crippen LogP contribution in [0, 0.1) is 11.8 Å². The van der Waals surface area contributed by atoms with Crippen LogP contribution in [-0.2, 0) is 0 Å². The van der Waals surface area contributed by atoms with Gasteiger partial charge in [-0.1, -0.05) is 38.1 Å². The van der Waals surface area contributed by atoms with E-state index in [2.05, 4.69) is 82.2 Å². The molecule has 0 saturated carbocycles. The van der Waals surface area contributed by atoms with E-state index in [1.165, 1.54) is 12.1 Å². The van der Waals surface area contributed by atoms with Crippen molar-refractivity contribution in [2.45, 2.75) is 20.3 Å². The minimum Gasteiger partial charge on any atom is -0.368 e. The zero-order chi connectivity index (χ0) is 23.2. The molecular weight excluding hydrogens is 430 g/mol. The highest BCUT2D eigenvalue weighted by atomic mass is 32.1. The fourth-order valence-corrected chi connectivity index (χ4v) is 4.97. The molecular formula is C25H35N7S. The van der Waals surface area contributed by atoms with Gasteiger partial charge in [-0.2, -0.15) is 9.97 Å². The number of anilines is 4. The Morgan fingerprint density at radius 3 is 2.24 bits per heavy atom. The summed E-state index contributed by atoms with van der Waals surface area (Å²) in [6.07, 6.45) is 3.04. The van der Waals surface area contributed by atoms with Gasteiger partial charge in [0.1, 0.15) is 11.6 Å². The maximum Gasteiger partial charge on any atom is 0.232 e. The predicted molar refractivity (Wildman–Crippen MR) is 142 cm³/mol. The van der Waals surface area contributed by atoms with Gasteiger partial charge in [-0.15, -0.1) is 6.58 Å². The average Bonchev–Trinajstić information content (AvgIpc) is 2.82. The average molecular weight is 466 g/mol. The number of piperazine rings is 1. The number of piperidine rings is 1. The highest BCUT2D eigenvalue weighted by Crippen LogP contribution is 2.29. The van der Waals surface area contributed by atoms with Crippen molar-refractivity contribution in [3.63, 3.8) is 0 Å². The second kappa shape index (κ2) is 10.8. The number of aromatic nitrogens is 2. The minimum atomic E-state index is 0.507. The van der Waals surface area contributed by atoms with Gasteiger partial charge in [0, 0.05) is 57.6 Å². The van der Waals surface area contributed by atoms with Gasteiger partial charge < -0.3 is 25.3 Å². The van der Waals surface area contributed by atoms with Gasteiger partial charge in [0.25, 0.3) is 0 Å². The van der Waals surface area contributed by atoms with Crippen LogP contribution in [0.25, 0.3) is 0 Å². The first-order valence-corrected chi connectivity index (χ1v) is 12.3. The first-order chi connectivity index (χ1) is 16.0. The molecule has 3 heterocycles. The van der Waals surface area contributed by atoms with Gasteiger partial charge >= 0.3 is 0 Å². The molecule has 1 aromatic heterocycles. The number of nitrogens with zero attached hydrogens (tertiary/aromatic N) is 5. The normalized spacial score (nSPS) is 21.0. The Morgan fingerprint density at radius 2 is 1.61 bits per heavy atom. The number of nitrogens with one attached hydrogen (secondary N) is 2. The van der Waals surface area contributed by atoms with Crippen molar-refractivity contribution in [2.24, 2.45) is 11.8 Å². The molecule has 176 valence electrons. The smallest absolute Gasteiger partial charge is 0.232 e. The van der Waals surface area contributed by atoms with Crippen LogP contribution in [0.15, 0.2) is 49.1 Å². The van der Waals surface area contributed by atoms with Crippen LogP contribution in [0.3, 0.4) is 0 Å². The summed E-state index contributed by atoms with van der Waals surface area (Å²) < 4.78 is 0. The molecule has 2 atom stereocenters. The third-order valence-corrected chi connectivity index (χ3v) is 6.50. The van der Waals surface area contributed by atoms with Crippen molar-refractivity contribution in [3.8, 4) is 0 Å². The van der Waals surface area contributed by atoms with Crippen molar-refractivity contribution in [1.29, 1.82) is 0 Å². The van der Waals surface area contributed by atoms with Gasteiger partial charge in [0.2, 0.25) is 5.95 Å². The number of para-hydroxylation sites is 1. The third kappa shape index (κ3) is 6.13. The Balaban J connectivity index is 1.54. The molecule has 0 bridgehead atoms. The third-order valence-electron chi connectivity index (χ3n) is 6.25. The van der Waals surface area contributed by atoms with E-state index in [-0.39, 0.29) is 0 Å². The molecule has 2 aliphatic rings. The lowest BCUT2D eigenvalue weighted by atomic mass is 9.92. The van der Waals surface area contributed by atoms with Gasteiger partial charge in [0.15, 0.2) is 5.11 Å². The highest BCUT2D eigenvalue weighted by Gasteiger charge is 2.25. The first-order valence-electron chi connectivity index (χ1n) is 11.9. The van der Waals surface area contributed by atoms with Crippen molar-refractivity contribution in [1.82, 2.24) is 15.3 Å². The lowest BCUT2D eigenvalue weighted by Gasteiger charge is -2.38. The summed E-state index contributed by atoms with van der Waals surface area (Å²) in [4.78, 5) is 16.9. The maximum absolute atomic E-state index is 5.42. The Labute approximate surface area is 202 Å². The van der Waals surface area contributed by atoms with E-state index in [1.807, 2.05) is 0 Å². The van der Waals surface area contributed by atoms with E-state index in [9.17, 15) is 0 Å². The quantitative estimate of drug-likeness (QED) is 0.494. The summed E-state index contributed by atoms with van der Waals surface area (Å²) in [5.74, 6) is 3.76. The SMILES string of the molecule is C=CCNC(=S)Nc1nc(N2CCN(c3ccccc3)CC2)cc(N2C[C@H](C)C[C@@H](C)C2)n1. The minimum absolute atomic E-state index is 0.507. The zero-order valence-electron chi connectivity index (χ0n) is 19.7. The molecule has 0 radical (unpaired) electrons. The van der Waals surface area contributed by atoms with E-state index in [0.29, 0.717) is 29.4 Å². The summed E-state index contributed by atoms with van der Waals surface area (Å²) in [6, 6.07) is 12.8. The molecule has 7 nitrogen and oxygen atoms in total.